The number of Topliss-reactive ketones (excluding diaryl/α,β-unsaturated/α-hetero) is 2. The highest BCUT2D eigenvalue weighted by Gasteiger charge is 2.19. The molecule has 0 aliphatic rings. The minimum Gasteiger partial charge on any atom is -0.349 e. The van der Waals surface area contributed by atoms with E-state index in [0.717, 1.165) is 41.6 Å². The number of carbonyl (C=O) groups excluding carboxylic acids is 3. The standard InChI is InChI=1S/C35H38N2O3/c1-24-18-19-36-30(20-24)8-4-7-11-35(40)37-23-31(39)22-29(21-26(3)38)27-13-15-28(16-14-27)33-17-12-25(2)32-9-5-6-10-34(32)33/h5-6,9-10,12-20,29H,4,7-8,11,21-23H2,1-3H3,(H,37,40)/t29-/m1/s1. The fourth-order valence-electron chi connectivity index (χ4n) is 5.25. The van der Waals surface area contributed by atoms with Gasteiger partial charge in [0.15, 0.2) is 5.78 Å². The van der Waals surface area contributed by atoms with E-state index in [4.69, 9.17) is 0 Å². The number of hydrogen-bond donors (Lipinski definition) is 1. The van der Waals surface area contributed by atoms with E-state index < -0.39 is 0 Å². The number of aromatic nitrogens is 1. The smallest absolute Gasteiger partial charge is 0.220 e. The van der Waals surface area contributed by atoms with Crippen LogP contribution in [0.25, 0.3) is 21.9 Å². The summed E-state index contributed by atoms with van der Waals surface area (Å²) >= 11 is 0. The Morgan fingerprint density at radius 1 is 0.850 bits per heavy atom. The predicted octanol–water partition coefficient (Wildman–Crippen LogP) is 7.07. The average Bonchev–Trinajstić information content (AvgIpc) is 2.94. The van der Waals surface area contributed by atoms with E-state index in [-0.39, 0.29) is 36.4 Å². The van der Waals surface area contributed by atoms with Crippen molar-refractivity contribution in [3.05, 3.63) is 101 Å². The van der Waals surface area contributed by atoms with Crippen LogP contribution in [0.5, 0.6) is 0 Å². The largest absolute Gasteiger partial charge is 0.349 e. The maximum absolute atomic E-state index is 12.8. The minimum atomic E-state index is -0.215. The third-order valence-corrected chi connectivity index (χ3v) is 7.38. The third-order valence-electron chi connectivity index (χ3n) is 7.38. The summed E-state index contributed by atoms with van der Waals surface area (Å²) in [5.41, 5.74) is 6.66. The molecule has 206 valence electrons. The summed E-state index contributed by atoms with van der Waals surface area (Å²) in [5, 5.41) is 5.20. The van der Waals surface area contributed by atoms with Gasteiger partial charge in [0.25, 0.3) is 0 Å². The summed E-state index contributed by atoms with van der Waals surface area (Å²) < 4.78 is 0. The summed E-state index contributed by atoms with van der Waals surface area (Å²) in [7, 11) is 0. The van der Waals surface area contributed by atoms with E-state index in [9.17, 15) is 14.4 Å². The first-order valence-corrected chi connectivity index (χ1v) is 14.1. The lowest BCUT2D eigenvalue weighted by molar-refractivity contribution is -0.125. The monoisotopic (exact) mass is 534 g/mol. The van der Waals surface area contributed by atoms with Gasteiger partial charge in [-0.1, -0.05) is 60.7 Å². The second kappa shape index (κ2) is 13.8. The Hall–Kier alpha value is -4.12. The summed E-state index contributed by atoms with van der Waals surface area (Å²) in [6.45, 7) is 5.70. The molecule has 1 N–H and O–H groups in total. The van der Waals surface area contributed by atoms with E-state index in [1.165, 1.54) is 21.9 Å². The van der Waals surface area contributed by atoms with E-state index in [1.807, 2.05) is 31.3 Å². The van der Waals surface area contributed by atoms with Crippen molar-refractivity contribution in [3.8, 4) is 11.1 Å². The van der Waals surface area contributed by atoms with E-state index in [1.54, 1.807) is 6.92 Å². The normalized spacial score (nSPS) is 11.8. The zero-order chi connectivity index (χ0) is 28.5. The molecule has 4 rings (SSSR count). The second-order valence-corrected chi connectivity index (χ2v) is 10.8. The number of carbonyl (C=O) groups is 3. The SMILES string of the molecule is CC(=O)C[C@H](CC(=O)CNC(=O)CCCCc1cc(C)ccn1)c1ccc(-c2ccc(C)c3ccccc23)cc1. The molecule has 1 heterocycles. The van der Waals surface area contributed by atoms with Gasteiger partial charge in [0.05, 0.1) is 6.54 Å². The van der Waals surface area contributed by atoms with E-state index in [0.29, 0.717) is 12.8 Å². The Bertz CT molecular complexity index is 1490. The van der Waals surface area contributed by atoms with E-state index in [2.05, 4.69) is 71.8 Å². The van der Waals surface area contributed by atoms with Gasteiger partial charge in [0.1, 0.15) is 5.78 Å². The van der Waals surface area contributed by atoms with Crippen molar-refractivity contribution in [2.45, 2.75) is 65.2 Å². The highest BCUT2D eigenvalue weighted by molar-refractivity contribution is 5.98. The molecule has 5 nitrogen and oxygen atoms in total. The van der Waals surface area contributed by atoms with Crippen molar-refractivity contribution < 1.29 is 14.4 Å². The van der Waals surface area contributed by atoms with Crippen molar-refractivity contribution in [1.29, 1.82) is 0 Å². The van der Waals surface area contributed by atoms with Gasteiger partial charge in [-0.05, 0) is 96.7 Å². The maximum Gasteiger partial charge on any atom is 0.220 e. The molecular formula is C35H38N2O3. The number of amides is 1. The number of pyridine rings is 1. The summed E-state index contributed by atoms with van der Waals surface area (Å²) in [6.07, 6.45) is 5.14. The molecule has 0 unspecified atom stereocenters. The molecule has 0 aliphatic carbocycles. The molecule has 1 atom stereocenters. The molecule has 0 saturated heterocycles. The molecule has 4 aromatic rings. The number of hydrogen-bond acceptors (Lipinski definition) is 4. The third kappa shape index (κ3) is 7.95. The maximum atomic E-state index is 12.8. The van der Waals surface area contributed by atoms with Crippen molar-refractivity contribution >= 4 is 28.2 Å². The zero-order valence-corrected chi connectivity index (χ0v) is 23.7. The fraction of sp³-hybridized carbons (Fsp3) is 0.314. The van der Waals surface area contributed by atoms with Crippen molar-refractivity contribution in [2.24, 2.45) is 0 Å². The summed E-state index contributed by atoms with van der Waals surface area (Å²) in [5.74, 6) is -0.369. The average molecular weight is 535 g/mol. The molecular weight excluding hydrogens is 496 g/mol. The molecule has 3 aromatic carbocycles. The van der Waals surface area contributed by atoms with Gasteiger partial charge in [-0.25, -0.2) is 0 Å². The Kier molecular flexibility index (Phi) is 9.96. The van der Waals surface area contributed by atoms with Crippen LogP contribution < -0.4 is 5.32 Å². The summed E-state index contributed by atoms with van der Waals surface area (Å²) in [6, 6.07) is 24.9. The second-order valence-electron chi connectivity index (χ2n) is 10.8. The first-order chi connectivity index (χ1) is 19.3. The molecule has 0 bridgehead atoms. The van der Waals surface area contributed by atoms with Crippen molar-refractivity contribution in [1.82, 2.24) is 10.3 Å². The Labute approximate surface area is 237 Å². The molecule has 0 saturated carbocycles. The highest BCUT2D eigenvalue weighted by atomic mass is 16.2. The Balaban J connectivity index is 1.32. The minimum absolute atomic E-state index is 0.0138. The number of benzene rings is 3. The number of aryl methyl sites for hydroxylation is 3. The zero-order valence-electron chi connectivity index (χ0n) is 23.7. The van der Waals surface area contributed by atoms with Gasteiger partial charge in [0, 0.05) is 31.2 Å². The van der Waals surface area contributed by atoms with Crippen LogP contribution in [0.2, 0.25) is 0 Å². The quantitative estimate of drug-likeness (QED) is 0.186. The van der Waals surface area contributed by atoms with Crippen LogP contribution in [0.4, 0.5) is 0 Å². The summed E-state index contributed by atoms with van der Waals surface area (Å²) in [4.78, 5) is 41.5. The highest BCUT2D eigenvalue weighted by Crippen LogP contribution is 2.32. The topological polar surface area (TPSA) is 76.1 Å². The van der Waals surface area contributed by atoms with Crippen LogP contribution in [0, 0.1) is 13.8 Å². The Morgan fingerprint density at radius 2 is 1.60 bits per heavy atom. The van der Waals surface area contributed by atoms with Crippen LogP contribution in [0.1, 0.15) is 67.3 Å². The number of fused-ring (bicyclic) bond motifs is 1. The number of nitrogens with one attached hydrogen (secondary N) is 1. The van der Waals surface area contributed by atoms with Crippen LogP contribution in [0.15, 0.2) is 79.0 Å². The van der Waals surface area contributed by atoms with Crippen LogP contribution in [-0.2, 0) is 20.8 Å². The molecule has 1 aromatic heterocycles. The van der Waals surface area contributed by atoms with Gasteiger partial charge >= 0.3 is 0 Å². The molecule has 0 fully saturated rings. The van der Waals surface area contributed by atoms with Gasteiger partial charge in [-0.3, -0.25) is 14.6 Å². The molecule has 0 spiro atoms. The van der Waals surface area contributed by atoms with Gasteiger partial charge in [-0.2, -0.15) is 0 Å². The van der Waals surface area contributed by atoms with Gasteiger partial charge in [-0.15, -0.1) is 0 Å². The number of rotatable bonds is 13. The first-order valence-electron chi connectivity index (χ1n) is 14.1. The predicted molar refractivity (Wildman–Crippen MR) is 161 cm³/mol. The van der Waals surface area contributed by atoms with Crippen LogP contribution >= 0.6 is 0 Å². The van der Waals surface area contributed by atoms with Crippen molar-refractivity contribution in [2.75, 3.05) is 6.54 Å². The first kappa shape index (κ1) is 28.9. The molecule has 0 radical (unpaired) electrons. The van der Waals surface area contributed by atoms with E-state index >= 15 is 0 Å². The lowest BCUT2D eigenvalue weighted by Crippen LogP contribution is -2.30. The number of unbranched alkanes of at least 4 members (excludes halogenated alkanes) is 1. The number of nitrogens with zero attached hydrogens (tertiary/aromatic N) is 1. The molecule has 40 heavy (non-hydrogen) atoms. The van der Waals surface area contributed by atoms with Gasteiger partial charge < -0.3 is 10.1 Å². The Morgan fingerprint density at radius 3 is 2.33 bits per heavy atom. The van der Waals surface area contributed by atoms with Crippen molar-refractivity contribution in [3.63, 3.8) is 0 Å². The molecule has 5 heteroatoms. The van der Waals surface area contributed by atoms with Crippen LogP contribution in [0.3, 0.4) is 0 Å². The lowest BCUT2D eigenvalue weighted by Gasteiger charge is -2.17. The molecule has 1 amide bonds. The van der Waals surface area contributed by atoms with Crippen LogP contribution in [-0.4, -0.2) is 29.0 Å². The lowest BCUT2D eigenvalue weighted by atomic mass is 9.87. The van der Waals surface area contributed by atoms with Gasteiger partial charge in [0.2, 0.25) is 5.91 Å². The fourth-order valence-corrected chi connectivity index (χ4v) is 5.25. The molecule has 0 aliphatic heterocycles. The number of ketones is 2.